The molecule has 1 amide bonds. The summed E-state index contributed by atoms with van der Waals surface area (Å²) >= 11 is 6.45. The molecule has 2 atom stereocenters. The van der Waals surface area contributed by atoms with Gasteiger partial charge in [0.1, 0.15) is 5.75 Å². The number of carbonyl (C=O) groups excluding carboxylic acids is 1. The topological polar surface area (TPSA) is 91.2 Å². The molecule has 3 aromatic carbocycles. The maximum atomic E-state index is 13.6. The first kappa shape index (κ1) is 29.3. The highest BCUT2D eigenvalue weighted by Gasteiger charge is 2.42. The molecule has 40 heavy (non-hydrogen) atoms. The normalized spacial score (nSPS) is 18.4. The van der Waals surface area contributed by atoms with Crippen LogP contribution in [0.4, 0.5) is 5.69 Å². The third-order valence-electron chi connectivity index (χ3n) is 7.65. The molecule has 7 nitrogen and oxygen atoms in total. The van der Waals surface area contributed by atoms with Gasteiger partial charge in [-0.2, -0.15) is 0 Å². The number of nitrogens with one attached hydrogen (secondary N) is 1. The summed E-state index contributed by atoms with van der Waals surface area (Å²) in [5.74, 6) is -1.05. The molecular weight excluding hydrogens is 526 g/mol. The first-order chi connectivity index (χ1) is 19.2. The van der Waals surface area contributed by atoms with Gasteiger partial charge in [-0.3, -0.25) is 19.5 Å². The molecule has 4 rings (SSSR count). The number of methoxy groups -OCH3 is 1. The van der Waals surface area contributed by atoms with E-state index in [4.69, 9.17) is 21.3 Å². The molecule has 1 aliphatic heterocycles. The number of rotatable bonds is 11. The van der Waals surface area contributed by atoms with Crippen LogP contribution >= 0.6 is 11.6 Å². The van der Waals surface area contributed by atoms with Crippen LogP contribution in [0.2, 0.25) is 5.02 Å². The fraction of sp³-hybridized carbons (Fsp3) is 0.344. The van der Waals surface area contributed by atoms with Crippen LogP contribution in [0.15, 0.2) is 77.8 Å². The maximum Gasteiger partial charge on any atom is 0.308 e. The first-order valence-corrected chi connectivity index (χ1v) is 13.9. The van der Waals surface area contributed by atoms with Gasteiger partial charge in [0.15, 0.2) is 0 Å². The molecule has 0 bridgehead atoms. The Morgan fingerprint density at radius 3 is 2.50 bits per heavy atom. The van der Waals surface area contributed by atoms with E-state index >= 15 is 0 Å². The van der Waals surface area contributed by atoms with Crippen LogP contribution in [0.3, 0.4) is 0 Å². The Hall–Kier alpha value is -3.68. The van der Waals surface area contributed by atoms with Crippen LogP contribution in [0.25, 0.3) is 0 Å². The number of ether oxygens (including phenoxy) is 1. The molecule has 0 aliphatic carbocycles. The van der Waals surface area contributed by atoms with Crippen molar-refractivity contribution >= 4 is 34.9 Å². The van der Waals surface area contributed by atoms with Crippen LogP contribution in [-0.4, -0.2) is 59.9 Å². The number of hydrogen-bond donors (Lipinski definition) is 2. The summed E-state index contributed by atoms with van der Waals surface area (Å²) < 4.78 is 5.22. The van der Waals surface area contributed by atoms with Crippen LogP contribution in [0.5, 0.6) is 5.75 Å². The molecular formula is C32H36ClN3O4. The molecule has 0 radical (unpaired) electrons. The molecule has 1 saturated heterocycles. The number of aliphatic carboxylic acids is 1. The van der Waals surface area contributed by atoms with E-state index in [2.05, 4.69) is 17.1 Å². The molecule has 1 fully saturated rings. The number of anilines is 1. The van der Waals surface area contributed by atoms with Gasteiger partial charge in [-0.15, -0.1) is 0 Å². The lowest BCUT2D eigenvalue weighted by Crippen LogP contribution is -2.50. The Labute approximate surface area is 240 Å². The first-order valence-electron chi connectivity index (χ1n) is 13.6. The summed E-state index contributed by atoms with van der Waals surface area (Å²) in [6, 6.07) is 22.2. The number of carboxylic acids is 1. The Kier molecular flexibility index (Phi) is 9.61. The van der Waals surface area contributed by atoms with Gasteiger partial charge < -0.3 is 15.2 Å². The highest BCUT2D eigenvalue weighted by Crippen LogP contribution is 2.32. The van der Waals surface area contributed by atoms with E-state index in [-0.39, 0.29) is 12.5 Å². The monoisotopic (exact) mass is 561 g/mol. The van der Waals surface area contributed by atoms with Gasteiger partial charge in [-0.25, -0.2) is 0 Å². The summed E-state index contributed by atoms with van der Waals surface area (Å²) in [6.07, 6.45) is 2.06. The molecule has 0 spiro atoms. The van der Waals surface area contributed by atoms with Gasteiger partial charge in [-0.05, 0) is 75.2 Å². The number of likely N-dealkylation sites (N-methyl/N-ethyl adjacent to an activating group) is 1. The smallest absolute Gasteiger partial charge is 0.308 e. The highest BCUT2D eigenvalue weighted by molar-refractivity contribution is 6.31. The second-order valence-corrected chi connectivity index (χ2v) is 10.7. The van der Waals surface area contributed by atoms with Crippen molar-refractivity contribution in [1.82, 2.24) is 4.90 Å². The van der Waals surface area contributed by atoms with Gasteiger partial charge in [0.05, 0.1) is 36.5 Å². The molecule has 0 aromatic heterocycles. The molecule has 8 heteroatoms. The largest absolute Gasteiger partial charge is 0.497 e. The van der Waals surface area contributed by atoms with Gasteiger partial charge >= 0.3 is 5.97 Å². The zero-order valence-corrected chi connectivity index (χ0v) is 23.9. The minimum atomic E-state index is -0.930. The van der Waals surface area contributed by atoms with Crippen molar-refractivity contribution in [1.29, 1.82) is 0 Å². The van der Waals surface area contributed by atoms with Gasteiger partial charge in [0.2, 0.25) is 5.91 Å². The van der Waals surface area contributed by atoms with Crippen LogP contribution in [0, 0.1) is 5.92 Å². The maximum absolute atomic E-state index is 13.6. The fourth-order valence-corrected chi connectivity index (χ4v) is 5.44. The Balaban J connectivity index is 1.69. The second-order valence-electron chi connectivity index (χ2n) is 10.2. The summed E-state index contributed by atoms with van der Waals surface area (Å²) in [6.45, 7) is 5.77. The summed E-state index contributed by atoms with van der Waals surface area (Å²) in [5, 5.41) is 13.7. The Morgan fingerprint density at radius 1 is 1.12 bits per heavy atom. The van der Waals surface area contributed by atoms with Crippen molar-refractivity contribution < 1.29 is 19.4 Å². The van der Waals surface area contributed by atoms with Crippen molar-refractivity contribution in [2.24, 2.45) is 10.9 Å². The SMILES string of the molecule is CCN1CCC[C@]1(C)C(=O)Nc1ccc(Cl)cc1C(=NC[C@H](Cc1ccc(OC)cc1)C(=O)O)c1ccccc1. The van der Waals surface area contributed by atoms with Crippen molar-refractivity contribution in [2.45, 2.75) is 38.6 Å². The number of likely N-dealkylation sites (tertiary alicyclic amines) is 1. The summed E-state index contributed by atoms with van der Waals surface area (Å²) in [5.41, 5.74) is 2.88. The van der Waals surface area contributed by atoms with E-state index in [9.17, 15) is 14.7 Å². The average Bonchev–Trinajstić information content (AvgIpc) is 3.36. The molecule has 1 aliphatic rings. The molecule has 210 valence electrons. The van der Waals surface area contributed by atoms with E-state index in [0.717, 1.165) is 37.1 Å². The van der Waals surface area contributed by atoms with E-state index in [1.807, 2.05) is 61.5 Å². The lowest BCUT2D eigenvalue weighted by Gasteiger charge is -2.33. The molecule has 1 heterocycles. The summed E-state index contributed by atoms with van der Waals surface area (Å²) in [7, 11) is 1.59. The van der Waals surface area contributed by atoms with Crippen LogP contribution in [-0.2, 0) is 16.0 Å². The number of amides is 1. The number of benzene rings is 3. The second kappa shape index (κ2) is 13.1. The number of carbonyl (C=O) groups is 2. The third kappa shape index (κ3) is 6.72. The van der Waals surface area contributed by atoms with Crippen molar-refractivity contribution in [3.8, 4) is 5.75 Å². The number of hydrogen-bond acceptors (Lipinski definition) is 5. The minimum Gasteiger partial charge on any atom is -0.497 e. The molecule has 2 N–H and O–H groups in total. The van der Waals surface area contributed by atoms with E-state index < -0.39 is 17.4 Å². The number of nitrogens with zero attached hydrogens (tertiary/aromatic N) is 2. The van der Waals surface area contributed by atoms with Gasteiger partial charge in [0.25, 0.3) is 0 Å². The highest BCUT2D eigenvalue weighted by atomic mass is 35.5. The number of halogens is 1. The fourth-order valence-electron chi connectivity index (χ4n) is 5.27. The van der Waals surface area contributed by atoms with Crippen molar-refractivity contribution in [3.63, 3.8) is 0 Å². The van der Waals surface area contributed by atoms with Crippen LogP contribution in [0.1, 0.15) is 43.4 Å². The zero-order chi connectivity index (χ0) is 28.7. The summed E-state index contributed by atoms with van der Waals surface area (Å²) in [4.78, 5) is 32.9. The van der Waals surface area contributed by atoms with Gasteiger partial charge in [-0.1, -0.05) is 61.0 Å². The Morgan fingerprint density at radius 2 is 1.85 bits per heavy atom. The predicted molar refractivity (Wildman–Crippen MR) is 160 cm³/mol. The third-order valence-corrected chi connectivity index (χ3v) is 7.89. The minimum absolute atomic E-state index is 0.0484. The molecule has 0 unspecified atom stereocenters. The lowest BCUT2D eigenvalue weighted by molar-refractivity contribution is -0.141. The standard InChI is InChI=1S/C32H36ClN3O4/c1-4-36-18-8-17-32(36,2)31(39)35-28-16-13-25(33)20-27(28)29(23-9-6-5-7-10-23)34-21-24(30(37)38)19-22-11-14-26(40-3)15-12-22/h5-7,9-16,20,24H,4,8,17-19,21H2,1-3H3,(H,35,39)(H,37,38)/t24-,32+/m0/s1. The quantitative estimate of drug-likeness (QED) is 0.283. The number of carboxylic acid groups (broad SMARTS) is 1. The molecule has 0 saturated carbocycles. The number of aliphatic imine (C=N–C) groups is 1. The average molecular weight is 562 g/mol. The molecule has 3 aromatic rings. The zero-order valence-electron chi connectivity index (χ0n) is 23.2. The van der Waals surface area contributed by atoms with Crippen molar-refractivity contribution in [2.75, 3.05) is 32.1 Å². The predicted octanol–water partition coefficient (Wildman–Crippen LogP) is 5.94. The lowest BCUT2D eigenvalue weighted by atomic mass is 9.95. The van der Waals surface area contributed by atoms with E-state index in [1.54, 1.807) is 25.3 Å². The van der Waals surface area contributed by atoms with E-state index in [0.29, 0.717) is 34.2 Å². The Bertz CT molecular complexity index is 1360. The van der Waals surface area contributed by atoms with Crippen LogP contribution < -0.4 is 10.1 Å². The van der Waals surface area contributed by atoms with Gasteiger partial charge in [0, 0.05) is 16.1 Å². The van der Waals surface area contributed by atoms with Crippen molar-refractivity contribution in [3.05, 3.63) is 94.5 Å². The van der Waals surface area contributed by atoms with E-state index in [1.165, 1.54) is 0 Å².